The van der Waals surface area contributed by atoms with Crippen molar-refractivity contribution in [3.05, 3.63) is 60.0 Å². The monoisotopic (exact) mass is 380 g/mol. The van der Waals surface area contributed by atoms with Gasteiger partial charge < -0.3 is 13.8 Å². The van der Waals surface area contributed by atoms with E-state index in [-0.39, 0.29) is 0 Å². The lowest BCUT2D eigenvalue weighted by molar-refractivity contribution is 0.186. The predicted molar refractivity (Wildman–Crippen MR) is 106 cm³/mol. The van der Waals surface area contributed by atoms with Crippen molar-refractivity contribution >= 4 is 22.8 Å². The predicted octanol–water partition coefficient (Wildman–Crippen LogP) is 4.33. The van der Waals surface area contributed by atoms with Gasteiger partial charge in [-0.3, -0.25) is 0 Å². The molecule has 2 aromatic carbocycles. The molecule has 4 aromatic rings. The molecule has 0 saturated heterocycles. The number of para-hydroxylation sites is 2. The minimum Gasteiger partial charge on any atom is -0.383 e. The minimum absolute atomic E-state index is 0.565. The molecule has 0 atom stereocenters. The quantitative estimate of drug-likeness (QED) is 0.445. The fraction of sp³-hybridized carbons (Fsp3) is 0.250. The van der Waals surface area contributed by atoms with Gasteiger partial charge in [0.05, 0.1) is 23.4 Å². The van der Waals surface area contributed by atoms with Crippen LogP contribution >= 0.6 is 11.8 Å². The molecule has 2 aromatic heterocycles. The Labute approximate surface area is 161 Å². The Morgan fingerprint density at radius 3 is 2.70 bits per heavy atom. The molecule has 0 radical (unpaired) electrons. The lowest BCUT2D eigenvalue weighted by Gasteiger charge is -2.07. The highest BCUT2D eigenvalue weighted by atomic mass is 32.2. The second kappa shape index (κ2) is 7.94. The highest BCUT2D eigenvalue weighted by Gasteiger charge is 2.14. The normalized spacial score (nSPS) is 11.3. The number of methoxy groups -OCH3 is 1. The molecular weight excluding hydrogens is 360 g/mol. The summed E-state index contributed by atoms with van der Waals surface area (Å²) >= 11 is 1.59. The Morgan fingerprint density at radius 2 is 1.89 bits per heavy atom. The first-order valence-electron chi connectivity index (χ1n) is 8.71. The molecule has 27 heavy (non-hydrogen) atoms. The highest BCUT2D eigenvalue weighted by Crippen LogP contribution is 2.27. The van der Waals surface area contributed by atoms with Gasteiger partial charge in [0, 0.05) is 19.2 Å². The van der Waals surface area contributed by atoms with E-state index in [4.69, 9.17) is 14.2 Å². The molecule has 7 heteroatoms. The molecule has 0 aliphatic heterocycles. The van der Waals surface area contributed by atoms with Crippen LogP contribution in [0.3, 0.4) is 0 Å². The van der Waals surface area contributed by atoms with Gasteiger partial charge in [0.2, 0.25) is 11.7 Å². The molecule has 0 amide bonds. The van der Waals surface area contributed by atoms with E-state index in [1.165, 1.54) is 5.56 Å². The Kier molecular flexibility index (Phi) is 5.22. The van der Waals surface area contributed by atoms with Gasteiger partial charge in [0.25, 0.3) is 0 Å². The Balaban J connectivity index is 1.52. The summed E-state index contributed by atoms with van der Waals surface area (Å²) in [6, 6.07) is 16.2. The summed E-state index contributed by atoms with van der Waals surface area (Å²) in [5.74, 6) is 1.76. The zero-order chi connectivity index (χ0) is 18.6. The third-order valence-corrected chi connectivity index (χ3v) is 5.20. The van der Waals surface area contributed by atoms with E-state index in [0.29, 0.717) is 24.1 Å². The number of aromatic nitrogens is 4. The van der Waals surface area contributed by atoms with Crippen molar-refractivity contribution in [2.45, 2.75) is 24.4 Å². The van der Waals surface area contributed by atoms with Crippen LogP contribution in [0, 0.1) is 6.92 Å². The van der Waals surface area contributed by atoms with Crippen molar-refractivity contribution in [1.82, 2.24) is 19.7 Å². The Hall–Kier alpha value is -2.64. The molecule has 0 bridgehead atoms. The van der Waals surface area contributed by atoms with Gasteiger partial charge in [-0.05, 0) is 19.1 Å². The summed E-state index contributed by atoms with van der Waals surface area (Å²) < 4.78 is 12.8. The average molecular weight is 380 g/mol. The summed E-state index contributed by atoms with van der Waals surface area (Å²) in [5.41, 5.74) is 4.23. The number of benzene rings is 2. The molecular formula is C20H20N4O2S. The molecule has 0 aliphatic rings. The van der Waals surface area contributed by atoms with Crippen molar-refractivity contribution in [2.24, 2.45) is 0 Å². The van der Waals surface area contributed by atoms with E-state index >= 15 is 0 Å². The summed E-state index contributed by atoms with van der Waals surface area (Å²) in [5, 5.41) is 5.02. The van der Waals surface area contributed by atoms with Gasteiger partial charge in [0.1, 0.15) is 0 Å². The van der Waals surface area contributed by atoms with Crippen LogP contribution < -0.4 is 0 Å². The molecule has 0 spiro atoms. The van der Waals surface area contributed by atoms with Crippen LogP contribution in [0.4, 0.5) is 0 Å². The maximum atomic E-state index is 5.42. The molecule has 0 fully saturated rings. The number of hydrogen-bond donors (Lipinski definition) is 0. The van der Waals surface area contributed by atoms with Gasteiger partial charge in [-0.1, -0.05) is 58.9 Å². The van der Waals surface area contributed by atoms with Crippen LogP contribution in [-0.4, -0.2) is 33.4 Å². The molecule has 4 rings (SSSR count). The number of nitrogens with zero attached hydrogens (tertiary/aromatic N) is 4. The van der Waals surface area contributed by atoms with Crippen LogP contribution in [-0.2, 0) is 17.0 Å². The number of ether oxygens (including phenoxy) is 1. The SMILES string of the molecule is COCCn1c(SCc2nc(-c3ccc(C)cc3)no2)nc2ccccc21. The van der Waals surface area contributed by atoms with E-state index < -0.39 is 0 Å². The molecule has 0 saturated carbocycles. The fourth-order valence-corrected chi connectivity index (χ4v) is 3.70. The fourth-order valence-electron chi connectivity index (χ4n) is 2.82. The van der Waals surface area contributed by atoms with E-state index in [2.05, 4.69) is 27.7 Å². The highest BCUT2D eigenvalue weighted by molar-refractivity contribution is 7.98. The lowest BCUT2D eigenvalue weighted by atomic mass is 10.1. The molecule has 0 unspecified atom stereocenters. The third kappa shape index (κ3) is 3.89. The number of fused-ring (bicyclic) bond motifs is 1. The van der Waals surface area contributed by atoms with Crippen LogP contribution in [0.15, 0.2) is 58.2 Å². The molecule has 0 aliphatic carbocycles. The number of aryl methyl sites for hydroxylation is 1. The minimum atomic E-state index is 0.565. The number of hydrogen-bond acceptors (Lipinski definition) is 6. The van der Waals surface area contributed by atoms with Crippen LogP contribution in [0.25, 0.3) is 22.4 Å². The second-order valence-electron chi connectivity index (χ2n) is 6.19. The van der Waals surface area contributed by atoms with Gasteiger partial charge in [-0.15, -0.1) is 0 Å². The molecule has 0 N–H and O–H groups in total. The number of imidazole rings is 1. The van der Waals surface area contributed by atoms with Crippen molar-refractivity contribution in [3.8, 4) is 11.4 Å². The maximum absolute atomic E-state index is 5.42. The summed E-state index contributed by atoms with van der Waals surface area (Å²) in [4.78, 5) is 9.25. The molecule has 6 nitrogen and oxygen atoms in total. The molecule has 138 valence electrons. The maximum Gasteiger partial charge on any atom is 0.237 e. The smallest absolute Gasteiger partial charge is 0.237 e. The number of thioether (sulfide) groups is 1. The molecule has 2 heterocycles. The Morgan fingerprint density at radius 1 is 1.07 bits per heavy atom. The third-order valence-electron chi connectivity index (χ3n) is 4.24. The van der Waals surface area contributed by atoms with Gasteiger partial charge in [-0.25, -0.2) is 4.98 Å². The van der Waals surface area contributed by atoms with Crippen molar-refractivity contribution in [3.63, 3.8) is 0 Å². The van der Waals surface area contributed by atoms with Crippen molar-refractivity contribution in [2.75, 3.05) is 13.7 Å². The lowest BCUT2D eigenvalue weighted by Crippen LogP contribution is -2.05. The van der Waals surface area contributed by atoms with Gasteiger partial charge in [-0.2, -0.15) is 4.98 Å². The van der Waals surface area contributed by atoms with E-state index in [1.807, 2.05) is 42.5 Å². The number of rotatable bonds is 7. The van der Waals surface area contributed by atoms with Crippen LogP contribution in [0.2, 0.25) is 0 Å². The summed E-state index contributed by atoms with van der Waals surface area (Å²) in [6.07, 6.45) is 0. The summed E-state index contributed by atoms with van der Waals surface area (Å²) in [6.45, 7) is 3.43. The van der Waals surface area contributed by atoms with Crippen LogP contribution in [0.1, 0.15) is 11.5 Å². The van der Waals surface area contributed by atoms with Crippen molar-refractivity contribution < 1.29 is 9.26 Å². The zero-order valence-corrected chi connectivity index (χ0v) is 16.1. The topological polar surface area (TPSA) is 66.0 Å². The van der Waals surface area contributed by atoms with Crippen LogP contribution in [0.5, 0.6) is 0 Å². The standard InChI is InChI=1S/C20H20N4O2S/c1-14-7-9-15(10-8-14)19-22-18(26-23-19)13-27-20-21-16-5-3-4-6-17(16)24(20)11-12-25-2/h3-10H,11-13H2,1-2H3. The first-order valence-corrected chi connectivity index (χ1v) is 9.70. The largest absolute Gasteiger partial charge is 0.383 e. The van der Waals surface area contributed by atoms with Gasteiger partial charge >= 0.3 is 0 Å². The van der Waals surface area contributed by atoms with E-state index in [1.54, 1.807) is 18.9 Å². The summed E-state index contributed by atoms with van der Waals surface area (Å²) in [7, 11) is 1.71. The van der Waals surface area contributed by atoms with E-state index in [0.717, 1.165) is 28.3 Å². The second-order valence-corrected chi connectivity index (χ2v) is 7.14. The van der Waals surface area contributed by atoms with Crippen molar-refractivity contribution in [1.29, 1.82) is 0 Å². The first-order chi connectivity index (χ1) is 13.2. The Bertz CT molecular complexity index is 1040. The zero-order valence-electron chi connectivity index (χ0n) is 15.3. The van der Waals surface area contributed by atoms with Gasteiger partial charge in [0.15, 0.2) is 5.16 Å². The van der Waals surface area contributed by atoms with E-state index in [9.17, 15) is 0 Å². The average Bonchev–Trinajstić information content (AvgIpc) is 3.30. The first kappa shape index (κ1) is 17.8.